The Balaban J connectivity index is 1.97. The Bertz CT molecular complexity index is 491. The van der Waals surface area contributed by atoms with E-state index in [9.17, 15) is 8.78 Å². The highest BCUT2D eigenvalue weighted by atomic mass is 19.3. The van der Waals surface area contributed by atoms with Crippen molar-refractivity contribution in [2.45, 2.75) is 13.2 Å². The smallest absolute Gasteiger partial charge is 0.387 e. The van der Waals surface area contributed by atoms with Gasteiger partial charge in [-0.25, -0.2) is 0 Å². The van der Waals surface area contributed by atoms with Crippen LogP contribution in [0, 0.1) is 0 Å². The van der Waals surface area contributed by atoms with Gasteiger partial charge in [0, 0.05) is 30.7 Å². The highest BCUT2D eigenvalue weighted by Gasteiger charge is 2.04. The number of ether oxygens (including phenoxy) is 1. The van der Waals surface area contributed by atoms with Gasteiger partial charge in [-0.2, -0.15) is 8.78 Å². The van der Waals surface area contributed by atoms with E-state index in [2.05, 4.69) is 15.0 Å². The zero-order valence-electron chi connectivity index (χ0n) is 9.51. The molecule has 18 heavy (non-hydrogen) atoms. The number of rotatable bonds is 5. The molecule has 0 atom stereocenters. The molecule has 1 aromatic carbocycles. The molecule has 0 saturated heterocycles. The van der Waals surface area contributed by atoms with Crippen molar-refractivity contribution in [2.75, 3.05) is 5.32 Å². The number of alkyl halides is 2. The van der Waals surface area contributed by atoms with Gasteiger partial charge < -0.3 is 10.1 Å². The lowest BCUT2D eigenvalue weighted by molar-refractivity contribution is -0.0498. The molecule has 5 heteroatoms. The minimum absolute atomic E-state index is 0.140. The van der Waals surface area contributed by atoms with Crippen molar-refractivity contribution in [3.8, 4) is 5.75 Å². The predicted octanol–water partition coefficient (Wildman–Crippen LogP) is 3.30. The Morgan fingerprint density at radius 1 is 1.22 bits per heavy atom. The van der Waals surface area contributed by atoms with Crippen LogP contribution in [0.2, 0.25) is 0 Å². The first-order valence-electron chi connectivity index (χ1n) is 5.42. The first-order chi connectivity index (χ1) is 8.74. The molecule has 0 aliphatic heterocycles. The summed E-state index contributed by atoms with van der Waals surface area (Å²) in [6.07, 6.45) is 3.44. The Morgan fingerprint density at radius 3 is 2.83 bits per heavy atom. The molecule has 2 aromatic rings. The van der Waals surface area contributed by atoms with Gasteiger partial charge in [-0.15, -0.1) is 0 Å². The standard InChI is InChI=1S/C13H12F2N2O/c14-13(15)18-12-5-1-4-11(7-12)17-9-10-3-2-6-16-8-10/h1-8,13,17H,9H2. The fourth-order valence-corrected chi connectivity index (χ4v) is 1.49. The normalized spacial score (nSPS) is 10.4. The van der Waals surface area contributed by atoms with Crippen LogP contribution in [0.4, 0.5) is 14.5 Å². The van der Waals surface area contributed by atoms with Gasteiger partial charge in [0.2, 0.25) is 0 Å². The highest BCUT2D eigenvalue weighted by molar-refractivity contribution is 5.48. The molecule has 0 saturated carbocycles. The van der Waals surface area contributed by atoms with Crippen LogP contribution in [0.3, 0.4) is 0 Å². The van der Waals surface area contributed by atoms with Crippen molar-refractivity contribution < 1.29 is 13.5 Å². The molecule has 0 spiro atoms. The van der Waals surface area contributed by atoms with E-state index in [1.807, 2.05) is 12.1 Å². The number of nitrogens with zero attached hydrogens (tertiary/aromatic N) is 1. The average molecular weight is 250 g/mol. The first-order valence-corrected chi connectivity index (χ1v) is 5.42. The molecule has 1 aromatic heterocycles. The Hall–Kier alpha value is -2.17. The van der Waals surface area contributed by atoms with E-state index in [0.717, 1.165) is 11.3 Å². The monoisotopic (exact) mass is 250 g/mol. The second kappa shape index (κ2) is 5.95. The maximum absolute atomic E-state index is 12.1. The zero-order valence-corrected chi connectivity index (χ0v) is 9.51. The van der Waals surface area contributed by atoms with Crippen LogP contribution in [0.25, 0.3) is 0 Å². The van der Waals surface area contributed by atoms with E-state index < -0.39 is 6.61 Å². The number of anilines is 1. The minimum Gasteiger partial charge on any atom is -0.435 e. The molecular formula is C13H12F2N2O. The van der Waals surface area contributed by atoms with E-state index in [1.54, 1.807) is 24.5 Å². The van der Waals surface area contributed by atoms with Crippen molar-refractivity contribution >= 4 is 5.69 Å². The SMILES string of the molecule is FC(F)Oc1cccc(NCc2cccnc2)c1. The van der Waals surface area contributed by atoms with Crippen LogP contribution in [-0.4, -0.2) is 11.6 Å². The fourth-order valence-electron chi connectivity index (χ4n) is 1.49. The highest BCUT2D eigenvalue weighted by Crippen LogP contribution is 2.19. The molecule has 0 fully saturated rings. The summed E-state index contributed by atoms with van der Waals surface area (Å²) in [5.74, 6) is 0.140. The third-order valence-electron chi connectivity index (χ3n) is 2.28. The molecule has 0 radical (unpaired) electrons. The number of nitrogens with one attached hydrogen (secondary N) is 1. The molecule has 1 N–H and O–H groups in total. The molecule has 2 rings (SSSR count). The van der Waals surface area contributed by atoms with E-state index in [1.165, 1.54) is 12.1 Å². The third-order valence-corrected chi connectivity index (χ3v) is 2.28. The molecule has 0 unspecified atom stereocenters. The van der Waals surface area contributed by atoms with Crippen LogP contribution < -0.4 is 10.1 Å². The number of halogens is 2. The Kier molecular flexibility index (Phi) is 4.06. The van der Waals surface area contributed by atoms with Gasteiger partial charge in [-0.05, 0) is 23.8 Å². The molecular weight excluding hydrogens is 238 g/mol. The van der Waals surface area contributed by atoms with E-state index in [4.69, 9.17) is 0 Å². The Labute approximate surface area is 103 Å². The summed E-state index contributed by atoms with van der Waals surface area (Å²) >= 11 is 0. The van der Waals surface area contributed by atoms with Gasteiger partial charge in [0.15, 0.2) is 0 Å². The van der Waals surface area contributed by atoms with Crippen molar-refractivity contribution in [1.82, 2.24) is 4.98 Å². The quantitative estimate of drug-likeness (QED) is 0.884. The van der Waals surface area contributed by atoms with Gasteiger partial charge in [0.05, 0.1) is 0 Å². The van der Waals surface area contributed by atoms with Gasteiger partial charge in [0.1, 0.15) is 5.75 Å². The van der Waals surface area contributed by atoms with Crippen LogP contribution in [0.5, 0.6) is 5.75 Å². The predicted molar refractivity (Wildman–Crippen MR) is 64.6 cm³/mol. The zero-order chi connectivity index (χ0) is 12.8. The summed E-state index contributed by atoms with van der Waals surface area (Å²) in [6.45, 7) is -2.23. The van der Waals surface area contributed by atoms with E-state index >= 15 is 0 Å². The average Bonchev–Trinajstić information content (AvgIpc) is 2.37. The number of pyridine rings is 1. The number of hydrogen-bond donors (Lipinski definition) is 1. The van der Waals surface area contributed by atoms with Crippen LogP contribution in [0.1, 0.15) is 5.56 Å². The number of aromatic nitrogens is 1. The second-order valence-electron chi connectivity index (χ2n) is 3.62. The van der Waals surface area contributed by atoms with Crippen molar-refractivity contribution in [1.29, 1.82) is 0 Å². The maximum Gasteiger partial charge on any atom is 0.387 e. The lowest BCUT2D eigenvalue weighted by atomic mass is 10.2. The lowest BCUT2D eigenvalue weighted by Crippen LogP contribution is -2.03. The van der Waals surface area contributed by atoms with Crippen molar-refractivity contribution in [3.63, 3.8) is 0 Å². The van der Waals surface area contributed by atoms with Crippen LogP contribution >= 0.6 is 0 Å². The minimum atomic E-state index is -2.81. The second-order valence-corrected chi connectivity index (χ2v) is 3.62. The Morgan fingerprint density at radius 2 is 2.11 bits per heavy atom. The first kappa shape index (κ1) is 12.3. The summed E-state index contributed by atoms with van der Waals surface area (Å²) in [5.41, 5.74) is 1.73. The molecule has 1 heterocycles. The molecule has 0 aliphatic carbocycles. The summed E-state index contributed by atoms with van der Waals surface area (Å²) in [7, 11) is 0. The summed E-state index contributed by atoms with van der Waals surface area (Å²) in [5, 5.41) is 3.11. The molecule has 3 nitrogen and oxygen atoms in total. The fraction of sp³-hybridized carbons (Fsp3) is 0.154. The molecule has 0 aliphatic rings. The number of benzene rings is 1. The summed E-state index contributed by atoms with van der Waals surface area (Å²) in [6, 6.07) is 10.2. The van der Waals surface area contributed by atoms with Crippen molar-refractivity contribution in [3.05, 3.63) is 54.4 Å². The third kappa shape index (κ3) is 3.69. The van der Waals surface area contributed by atoms with Gasteiger partial charge in [-0.1, -0.05) is 12.1 Å². The van der Waals surface area contributed by atoms with E-state index in [0.29, 0.717) is 6.54 Å². The van der Waals surface area contributed by atoms with Gasteiger partial charge >= 0.3 is 6.61 Å². The largest absolute Gasteiger partial charge is 0.435 e. The summed E-state index contributed by atoms with van der Waals surface area (Å²) < 4.78 is 28.4. The van der Waals surface area contributed by atoms with Crippen LogP contribution in [0.15, 0.2) is 48.8 Å². The van der Waals surface area contributed by atoms with Gasteiger partial charge in [-0.3, -0.25) is 4.98 Å². The molecule has 0 amide bonds. The lowest BCUT2D eigenvalue weighted by Gasteiger charge is -2.09. The molecule has 0 bridgehead atoms. The topological polar surface area (TPSA) is 34.1 Å². The number of hydrogen-bond acceptors (Lipinski definition) is 3. The van der Waals surface area contributed by atoms with Crippen LogP contribution in [-0.2, 0) is 6.54 Å². The summed E-state index contributed by atoms with van der Waals surface area (Å²) in [4.78, 5) is 3.99. The van der Waals surface area contributed by atoms with Crippen molar-refractivity contribution in [2.24, 2.45) is 0 Å². The van der Waals surface area contributed by atoms with Gasteiger partial charge in [0.25, 0.3) is 0 Å². The molecule has 94 valence electrons. The van der Waals surface area contributed by atoms with E-state index in [-0.39, 0.29) is 5.75 Å². The maximum atomic E-state index is 12.1.